The molecule has 0 aromatic rings. The highest BCUT2D eigenvalue weighted by Gasteiger charge is 1.97. The fraction of sp³-hybridized carbons (Fsp3) is 1.00. The highest BCUT2D eigenvalue weighted by Crippen LogP contribution is 1.91. The Balaban J connectivity index is -0.000000124. The predicted octanol–water partition coefficient (Wildman–Crippen LogP) is 0.644. The van der Waals surface area contributed by atoms with Crippen LogP contribution in [0.4, 0.5) is 0 Å². The first-order chi connectivity index (χ1) is 4.91. The SMILES string of the molecule is C.C.C1CC[NH2+]CC1.CCC[NH3+]. The van der Waals surface area contributed by atoms with Crippen molar-refractivity contribution < 1.29 is 11.1 Å². The molecule has 0 aromatic carbocycles. The number of rotatable bonds is 1. The van der Waals surface area contributed by atoms with Crippen LogP contribution in [0.25, 0.3) is 0 Å². The predicted molar refractivity (Wildman–Crippen MR) is 57.0 cm³/mol. The lowest BCUT2D eigenvalue weighted by Crippen LogP contribution is -2.85. The second kappa shape index (κ2) is 17.1. The van der Waals surface area contributed by atoms with E-state index in [1.54, 1.807) is 0 Å². The Morgan fingerprint density at radius 1 is 1.08 bits per heavy atom. The normalized spacial score (nSPS) is 14.5. The number of piperidine rings is 1. The summed E-state index contributed by atoms with van der Waals surface area (Å²) in [6.07, 6.45) is 5.57. The quantitative estimate of drug-likeness (QED) is 0.592. The first-order valence-electron chi connectivity index (χ1n) is 4.52. The molecule has 0 aliphatic carbocycles. The van der Waals surface area contributed by atoms with Crippen molar-refractivity contribution in [2.24, 2.45) is 0 Å². The van der Waals surface area contributed by atoms with E-state index in [2.05, 4.69) is 18.0 Å². The van der Waals surface area contributed by atoms with Gasteiger partial charge in [-0.05, 0) is 25.7 Å². The van der Waals surface area contributed by atoms with E-state index >= 15 is 0 Å². The molecule has 0 bridgehead atoms. The summed E-state index contributed by atoms with van der Waals surface area (Å²) in [5, 5.41) is 2.39. The third-order valence-corrected chi connectivity index (χ3v) is 1.67. The molecule has 0 atom stereocenters. The molecule has 0 unspecified atom stereocenters. The van der Waals surface area contributed by atoms with Crippen LogP contribution in [0.15, 0.2) is 0 Å². The molecule has 12 heavy (non-hydrogen) atoms. The summed E-state index contributed by atoms with van der Waals surface area (Å²) in [5.41, 5.74) is 3.60. The van der Waals surface area contributed by atoms with Crippen LogP contribution in [0, 0.1) is 0 Å². The minimum absolute atomic E-state index is 0. The smallest absolute Gasteiger partial charge is 0.0755 e. The summed E-state index contributed by atoms with van der Waals surface area (Å²) < 4.78 is 0. The molecule has 78 valence electrons. The van der Waals surface area contributed by atoms with Gasteiger partial charge in [0.2, 0.25) is 0 Å². The molecule has 1 aliphatic rings. The van der Waals surface area contributed by atoms with Crippen molar-refractivity contribution in [2.45, 2.75) is 47.5 Å². The molecule has 1 heterocycles. The van der Waals surface area contributed by atoms with Gasteiger partial charge in [-0.3, -0.25) is 0 Å². The fourth-order valence-corrected chi connectivity index (χ4v) is 0.898. The third kappa shape index (κ3) is 16.5. The molecule has 1 aliphatic heterocycles. The van der Waals surface area contributed by atoms with E-state index in [-0.39, 0.29) is 14.9 Å². The molecule has 0 saturated carbocycles. The van der Waals surface area contributed by atoms with E-state index in [1.807, 2.05) is 0 Å². The van der Waals surface area contributed by atoms with Gasteiger partial charge in [0.05, 0.1) is 19.6 Å². The largest absolute Gasteiger partial charge is 0.358 e. The molecular weight excluding hydrogens is 148 g/mol. The van der Waals surface area contributed by atoms with Gasteiger partial charge < -0.3 is 11.1 Å². The number of hydrogen-bond donors (Lipinski definition) is 2. The van der Waals surface area contributed by atoms with Gasteiger partial charge in [0.1, 0.15) is 0 Å². The number of quaternary nitrogens is 2. The van der Waals surface area contributed by atoms with Crippen LogP contribution >= 0.6 is 0 Å². The maximum Gasteiger partial charge on any atom is 0.0755 e. The maximum atomic E-state index is 3.60. The molecule has 0 aromatic heterocycles. The second-order valence-corrected chi connectivity index (χ2v) is 2.78. The van der Waals surface area contributed by atoms with Gasteiger partial charge in [-0.1, -0.05) is 21.8 Å². The topological polar surface area (TPSA) is 44.2 Å². The molecule has 1 fully saturated rings. The van der Waals surface area contributed by atoms with Crippen LogP contribution in [-0.4, -0.2) is 19.6 Å². The Kier molecular flexibility index (Phi) is 25.5. The average Bonchev–Trinajstić information content (AvgIpc) is 2.08. The summed E-state index contributed by atoms with van der Waals surface area (Å²) in [6.45, 7) is 5.94. The van der Waals surface area contributed by atoms with E-state index < -0.39 is 0 Å². The van der Waals surface area contributed by atoms with E-state index in [4.69, 9.17) is 0 Å². The van der Waals surface area contributed by atoms with Crippen molar-refractivity contribution in [3.8, 4) is 0 Å². The van der Waals surface area contributed by atoms with Crippen LogP contribution in [0.2, 0.25) is 0 Å². The van der Waals surface area contributed by atoms with E-state index in [1.165, 1.54) is 38.8 Å². The Morgan fingerprint density at radius 3 is 1.58 bits per heavy atom. The van der Waals surface area contributed by atoms with Crippen LogP contribution in [0.3, 0.4) is 0 Å². The second-order valence-electron chi connectivity index (χ2n) is 2.78. The minimum atomic E-state index is 0. The molecule has 2 heteroatoms. The zero-order valence-corrected chi connectivity index (χ0v) is 7.23. The Labute approximate surface area is 78.9 Å². The summed E-state index contributed by atoms with van der Waals surface area (Å²) in [4.78, 5) is 0. The third-order valence-electron chi connectivity index (χ3n) is 1.67. The molecule has 1 rings (SSSR count). The van der Waals surface area contributed by atoms with Crippen molar-refractivity contribution in [1.29, 1.82) is 0 Å². The van der Waals surface area contributed by atoms with Crippen molar-refractivity contribution in [3.63, 3.8) is 0 Å². The van der Waals surface area contributed by atoms with Crippen LogP contribution in [-0.2, 0) is 0 Å². The first kappa shape index (κ1) is 17.9. The zero-order valence-electron chi connectivity index (χ0n) is 7.23. The van der Waals surface area contributed by atoms with Gasteiger partial charge in [0.15, 0.2) is 0 Å². The molecule has 5 N–H and O–H groups in total. The number of hydrogen-bond acceptors (Lipinski definition) is 0. The van der Waals surface area contributed by atoms with Crippen molar-refractivity contribution >= 4 is 0 Å². The van der Waals surface area contributed by atoms with Gasteiger partial charge >= 0.3 is 0 Å². The molecule has 0 spiro atoms. The summed E-state index contributed by atoms with van der Waals surface area (Å²) in [5.74, 6) is 0. The summed E-state index contributed by atoms with van der Waals surface area (Å²) >= 11 is 0. The number of nitrogens with two attached hydrogens (primary N) is 1. The maximum absolute atomic E-state index is 3.60. The molecular formula is C10H30N2+2. The van der Waals surface area contributed by atoms with Crippen LogP contribution in [0.1, 0.15) is 47.5 Å². The van der Waals surface area contributed by atoms with Gasteiger partial charge in [-0.15, -0.1) is 0 Å². The van der Waals surface area contributed by atoms with Gasteiger partial charge in [-0.25, -0.2) is 0 Å². The summed E-state index contributed by atoms with van der Waals surface area (Å²) in [6, 6.07) is 0. The Bertz CT molecular complexity index is 38.3. The summed E-state index contributed by atoms with van der Waals surface area (Å²) in [7, 11) is 0. The average molecular weight is 178 g/mol. The van der Waals surface area contributed by atoms with E-state index in [0.29, 0.717) is 0 Å². The Morgan fingerprint density at radius 2 is 1.50 bits per heavy atom. The lowest BCUT2D eigenvalue weighted by molar-refractivity contribution is -0.662. The minimum Gasteiger partial charge on any atom is -0.358 e. The monoisotopic (exact) mass is 178 g/mol. The van der Waals surface area contributed by atoms with E-state index in [9.17, 15) is 0 Å². The Hall–Kier alpha value is -0.0800. The van der Waals surface area contributed by atoms with Gasteiger partial charge in [0.25, 0.3) is 0 Å². The first-order valence-corrected chi connectivity index (χ1v) is 4.52. The lowest BCUT2D eigenvalue weighted by atomic mass is 10.2. The molecule has 0 radical (unpaired) electrons. The molecule has 1 saturated heterocycles. The van der Waals surface area contributed by atoms with E-state index in [0.717, 1.165) is 6.54 Å². The van der Waals surface area contributed by atoms with Crippen molar-refractivity contribution in [3.05, 3.63) is 0 Å². The standard InChI is InChI=1S/C5H11N.C3H9N.2CH4/c1-2-4-6-5-3-1;1-2-3-4;;/h6H,1-5H2;2-4H2,1H3;2*1H4/p+2. The highest BCUT2D eigenvalue weighted by molar-refractivity contribution is 4.40. The zero-order chi connectivity index (χ0) is 7.66. The van der Waals surface area contributed by atoms with Crippen LogP contribution in [0.5, 0.6) is 0 Å². The fourth-order valence-electron chi connectivity index (χ4n) is 0.898. The van der Waals surface area contributed by atoms with Crippen molar-refractivity contribution in [1.82, 2.24) is 0 Å². The van der Waals surface area contributed by atoms with Gasteiger partial charge in [0, 0.05) is 0 Å². The highest BCUT2D eigenvalue weighted by atomic mass is 14.9. The lowest BCUT2D eigenvalue weighted by Gasteiger charge is -2.05. The molecule has 0 amide bonds. The molecule has 2 nitrogen and oxygen atoms in total. The van der Waals surface area contributed by atoms with Crippen molar-refractivity contribution in [2.75, 3.05) is 19.6 Å². The van der Waals surface area contributed by atoms with Gasteiger partial charge in [-0.2, -0.15) is 0 Å². The van der Waals surface area contributed by atoms with Crippen LogP contribution < -0.4 is 11.1 Å².